The first kappa shape index (κ1) is 16.9. The van der Waals surface area contributed by atoms with Crippen molar-refractivity contribution in [3.63, 3.8) is 0 Å². The number of nitrogens with zero attached hydrogens (tertiary/aromatic N) is 1. The summed E-state index contributed by atoms with van der Waals surface area (Å²) in [4.78, 5) is 22.6. The Morgan fingerprint density at radius 1 is 1.43 bits per heavy atom. The highest BCUT2D eigenvalue weighted by molar-refractivity contribution is 5.95. The van der Waals surface area contributed by atoms with Crippen LogP contribution >= 0.6 is 0 Å². The molecule has 0 aliphatic rings. The molecule has 2 N–H and O–H groups in total. The van der Waals surface area contributed by atoms with Crippen LogP contribution in [0.1, 0.15) is 31.1 Å². The fourth-order valence-electron chi connectivity index (χ4n) is 1.63. The lowest BCUT2D eigenvalue weighted by Gasteiger charge is -2.23. The monoisotopic (exact) mass is 295 g/mol. The van der Waals surface area contributed by atoms with Crippen molar-refractivity contribution in [1.82, 2.24) is 5.32 Å². The first-order chi connectivity index (χ1) is 9.80. The van der Waals surface area contributed by atoms with Gasteiger partial charge in [0.15, 0.2) is 0 Å². The number of anilines is 1. The predicted molar refractivity (Wildman–Crippen MR) is 80.7 cm³/mol. The zero-order chi connectivity index (χ0) is 16.0. The highest BCUT2D eigenvalue weighted by Crippen LogP contribution is 2.25. The molecule has 1 aromatic rings. The number of nitrogens with one attached hydrogen (secondary N) is 2. The minimum Gasteiger partial charge on any atom is -0.380 e. The number of methoxy groups -OCH3 is 1. The highest BCUT2D eigenvalue weighted by Gasteiger charge is 2.20. The van der Waals surface area contributed by atoms with Gasteiger partial charge in [0.25, 0.3) is 11.6 Å². The quantitative estimate of drug-likeness (QED) is 0.594. The van der Waals surface area contributed by atoms with Crippen LogP contribution < -0.4 is 10.6 Å². The first-order valence-corrected chi connectivity index (χ1v) is 6.66. The van der Waals surface area contributed by atoms with E-state index in [1.807, 2.05) is 20.8 Å². The Morgan fingerprint density at radius 3 is 2.62 bits per heavy atom. The fourth-order valence-corrected chi connectivity index (χ4v) is 1.63. The van der Waals surface area contributed by atoms with E-state index >= 15 is 0 Å². The molecule has 0 saturated carbocycles. The number of carbonyl (C=O) groups is 1. The lowest BCUT2D eigenvalue weighted by Crippen LogP contribution is -2.39. The summed E-state index contributed by atoms with van der Waals surface area (Å²) in [6, 6.07) is 4.37. The number of amides is 1. The molecule has 116 valence electrons. The maximum absolute atomic E-state index is 12.0. The van der Waals surface area contributed by atoms with Gasteiger partial charge in [0.05, 0.1) is 10.5 Å². The number of rotatable bonds is 7. The van der Waals surface area contributed by atoms with Gasteiger partial charge < -0.3 is 15.4 Å². The molecule has 0 unspecified atom stereocenters. The van der Waals surface area contributed by atoms with Gasteiger partial charge in [0, 0.05) is 31.8 Å². The molecular weight excluding hydrogens is 274 g/mol. The molecule has 7 nitrogen and oxygen atoms in total. The van der Waals surface area contributed by atoms with Crippen LogP contribution in [0.2, 0.25) is 0 Å². The average molecular weight is 295 g/mol. The fraction of sp³-hybridized carbons (Fsp3) is 0.500. The lowest BCUT2D eigenvalue weighted by atomic mass is 10.1. The van der Waals surface area contributed by atoms with Gasteiger partial charge in [0.2, 0.25) is 0 Å². The Balaban J connectivity index is 2.91. The molecule has 0 aliphatic heterocycles. The topological polar surface area (TPSA) is 93.5 Å². The van der Waals surface area contributed by atoms with Crippen molar-refractivity contribution in [2.75, 3.05) is 25.5 Å². The summed E-state index contributed by atoms with van der Waals surface area (Å²) in [7, 11) is 1.56. The molecule has 0 heterocycles. The number of hydrogen-bond donors (Lipinski definition) is 2. The van der Waals surface area contributed by atoms with Gasteiger partial charge in [-0.1, -0.05) is 0 Å². The third-order valence-corrected chi connectivity index (χ3v) is 3.05. The largest absolute Gasteiger partial charge is 0.380 e. The minimum absolute atomic E-state index is 0.115. The SMILES string of the molecule is CCNc1ccc(C(=O)NCC(C)(C)OC)cc1[N+](=O)[O-]. The Hall–Kier alpha value is -2.15. The van der Waals surface area contributed by atoms with E-state index in [4.69, 9.17) is 4.74 Å². The minimum atomic E-state index is -0.506. The molecule has 0 fully saturated rings. The zero-order valence-electron chi connectivity index (χ0n) is 12.7. The van der Waals surface area contributed by atoms with Crippen LogP contribution in [0.5, 0.6) is 0 Å². The zero-order valence-corrected chi connectivity index (χ0v) is 12.7. The molecule has 7 heteroatoms. The van der Waals surface area contributed by atoms with Gasteiger partial charge in [-0.15, -0.1) is 0 Å². The molecule has 0 bridgehead atoms. The van der Waals surface area contributed by atoms with Crippen molar-refractivity contribution in [3.05, 3.63) is 33.9 Å². The number of hydrogen-bond acceptors (Lipinski definition) is 5. The van der Waals surface area contributed by atoms with Gasteiger partial charge in [-0.3, -0.25) is 14.9 Å². The van der Waals surface area contributed by atoms with Crippen molar-refractivity contribution in [1.29, 1.82) is 0 Å². The second-order valence-corrected chi connectivity index (χ2v) is 5.17. The van der Waals surface area contributed by atoms with Crippen molar-refractivity contribution in [2.45, 2.75) is 26.4 Å². The summed E-state index contributed by atoms with van der Waals surface area (Å²) in [6.45, 7) is 6.39. The van der Waals surface area contributed by atoms with Gasteiger partial charge >= 0.3 is 0 Å². The summed E-state index contributed by atoms with van der Waals surface area (Å²) in [6.07, 6.45) is 0. The van der Waals surface area contributed by atoms with Crippen LogP contribution in [0.3, 0.4) is 0 Å². The van der Waals surface area contributed by atoms with Crippen LogP contribution in [0, 0.1) is 10.1 Å². The summed E-state index contributed by atoms with van der Waals surface area (Å²) in [5.74, 6) is -0.369. The van der Waals surface area contributed by atoms with Crippen LogP contribution in [0.4, 0.5) is 11.4 Å². The molecule has 1 aromatic carbocycles. The molecular formula is C14H21N3O4. The number of nitro benzene ring substituents is 1. The van der Waals surface area contributed by atoms with Crippen LogP contribution in [-0.2, 0) is 4.74 Å². The third-order valence-electron chi connectivity index (χ3n) is 3.05. The second kappa shape index (κ2) is 7.03. The average Bonchev–Trinajstić information content (AvgIpc) is 2.45. The summed E-state index contributed by atoms with van der Waals surface area (Å²) < 4.78 is 5.20. The third kappa shape index (κ3) is 4.71. The normalized spacial score (nSPS) is 11.0. The molecule has 0 spiro atoms. The smallest absolute Gasteiger partial charge is 0.293 e. The van der Waals surface area contributed by atoms with Gasteiger partial charge in [-0.2, -0.15) is 0 Å². The highest BCUT2D eigenvalue weighted by atomic mass is 16.6. The van der Waals surface area contributed by atoms with Crippen LogP contribution in [-0.4, -0.2) is 36.6 Å². The van der Waals surface area contributed by atoms with Crippen LogP contribution in [0.25, 0.3) is 0 Å². The summed E-state index contributed by atoms with van der Waals surface area (Å²) in [5.41, 5.74) is 0.0349. The van der Waals surface area contributed by atoms with E-state index in [1.165, 1.54) is 12.1 Å². The van der Waals surface area contributed by atoms with Gasteiger partial charge in [-0.05, 0) is 32.9 Å². The molecule has 1 amide bonds. The molecule has 0 aliphatic carbocycles. The molecule has 0 aromatic heterocycles. The van der Waals surface area contributed by atoms with E-state index in [1.54, 1.807) is 13.2 Å². The molecule has 0 radical (unpaired) electrons. The Bertz CT molecular complexity index is 529. The van der Waals surface area contributed by atoms with E-state index in [0.717, 1.165) is 0 Å². The predicted octanol–water partition coefficient (Wildman–Crippen LogP) is 2.18. The van der Waals surface area contributed by atoms with Gasteiger partial charge in [0.1, 0.15) is 5.69 Å². The maximum Gasteiger partial charge on any atom is 0.293 e. The number of ether oxygens (including phenoxy) is 1. The Labute approximate surface area is 123 Å². The molecule has 0 atom stereocenters. The molecule has 21 heavy (non-hydrogen) atoms. The van der Waals surface area contributed by atoms with Crippen molar-refractivity contribution in [3.8, 4) is 0 Å². The number of nitro groups is 1. The summed E-state index contributed by atoms with van der Waals surface area (Å²) in [5, 5.41) is 16.6. The lowest BCUT2D eigenvalue weighted by molar-refractivity contribution is -0.384. The molecule has 1 rings (SSSR count). The van der Waals surface area contributed by atoms with E-state index < -0.39 is 10.5 Å². The van der Waals surface area contributed by atoms with E-state index in [0.29, 0.717) is 18.8 Å². The standard InChI is InChI=1S/C14H21N3O4/c1-5-15-11-7-6-10(8-12(11)17(19)20)13(18)16-9-14(2,3)21-4/h6-8,15H,5,9H2,1-4H3,(H,16,18). The Morgan fingerprint density at radius 2 is 2.10 bits per heavy atom. The van der Waals surface area contributed by atoms with Crippen molar-refractivity contribution in [2.24, 2.45) is 0 Å². The Kier molecular flexibility index (Phi) is 5.66. The second-order valence-electron chi connectivity index (χ2n) is 5.17. The summed E-state index contributed by atoms with van der Waals surface area (Å²) >= 11 is 0. The van der Waals surface area contributed by atoms with Crippen LogP contribution in [0.15, 0.2) is 18.2 Å². The van der Waals surface area contributed by atoms with Crippen molar-refractivity contribution >= 4 is 17.3 Å². The maximum atomic E-state index is 12.0. The van der Waals surface area contributed by atoms with Gasteiger partial charge in [-0.25, -0.2) is 0 Å². The number of carbonyl (C=O) groups excluding carboxylic acids is 1. The molecule has 0 saturated heterocycles. The van der Waals surface area contributed by atoms with E-state index in [-0.39, 0.29) is 17.2 Å². The van der Waals surface area contributed by atoms with Crippen molar-refractivity contribution < 1.29 is 14.5 Å². The van der Waals surface area contributed by atoms with E-state index in [2.05, 4.69) is 10.6 Å². The van der Waals surface area contributed by atoms with E-state index in [9.17, 15) is 14.9 Å². The first-order valence-electron chi connectivity index (χ1n) is 6.66. The number of benzene rings is 1.